The quantitative estimate of drug-likeness (QED) is 0.843. The molecule has 0 N–H and O–H groups in total. The van der Waals surface area contributed by atoms with Crippen molar-refractivity contribution in [3.05, 3.63) is 59.4 Å². The average molecular weight is 356 g/mol. The molecule has 2 aliphatic rings. The lowest BCUT2D eigenvalue weighted by Gasteiger charge is -2.32. The summed E-state index contributed by atoms with van der Waals surface area (Å²) < 4.78 is 24.5. The minimum Gasteiger partial charge on any atom is -0.496 e. The smallest absolute Gasteiger partial charge is 0.414 e. The zero-order valence-corrected chi connectivity index (χ0v) is 14.7. The van der Waals surface area contributed by atoms with E-state index >= 15 is 0 Å². The second kappa shape index (κ2) is 6.96. The van der Waals surface area contributed by atoms with Crippen LogP contribution in [0.5, 0.6) is 5.75 Å². The molecule has 136 valence electrons. The summed E-state index contributed by atoms with van der Waals surface area (Å²) in [5.74, 6) is 0.508. The monoisotopic (exact) mass is 356 g/mol. The predicted octanol–water partition coefficient (Wildman–Crippen LogP) is 3.57. The molecule has 1 amide bonds. The summed E-state index contributed by atoms with van der Waals surface area (Å²) in [6.45, 7) is 2.51. The first-order valence-electron chi connectivity index (χ1n) is 8.74. The minimum absolute atomic E-state index is 0.0662. The Morgan fingerprint density at radius 1 is 1.27 bits per heavy atom. The second-order valence-corrected chi connectivity index (χ2v) is 6.68. The van der Waals surface area contributed by atoms with Gasteiger partial charge >= 0.3 is 6.09 Å². The lowest BCUT2D eigenvalue weighted by atomic mass is 10.0. The summed E-state index contributed by atoms with van der Waals surface area (Å²) in [5.41, 5.74) is 2.64. The number of methoxy groups -OCH3 is 1. The van der Waals surface area contributed by atoms with Gasteiger partial charge in [-0.2, -0.15) is 0 Å². The number of benzene rings is 2. The summed E-state index contributed by atoms with van der Waals surface area (Å²) in [4.78, 5) is 16.1. The van der Waals surface area contributed by atoms with Crippen LogP contribution in [0.25, 0.3) is 0 Å². The highest BCUT2D eigenvalue weighted by Gasteiger charge is 2.37. The maximum atomic E-state index is 13.8. The van der Waals surface area contributed by atoms with E-state index in [0.29, 0.717) is 18.8 Å². The number of hydrogen-bond acceptors (Lipinski definition) is 4. The van der Waals surface area contributed by atoms with Crippen molar-refractivity contribution in [3.63, 3.8) is 0 Å². The lowest BCUT2D eigenvalue weighted by Crippen LogP contribution is -2.40. The number of carbonyl (C=O) groups excluding carboxylic acids is 1. The van der Waals surface area contributed by atoms with Crippen molar-refractivity contribution in [1.29, 1.82) is 0 Å². The molecule has 2 aliphatic heterocycles. The molecule has 5 nitrogen and oxygen atoms in total. The number of halogens is 1. The van der Waals surface area contributed by atoms with Gasteiger partial charge in [0.05, 0.1) is 18.8 Å². The molecular weight excluding hydrogens is 335 g/mol. The number of hydrogen-bond donors (Lipinski definition) is 0. The van der Waals surface area contributed by atoms with Crippen LogP contribution >= 0.6 is 0 Å². The number of carbonyl (C=O) groups is 1. The fourth-order valence-corrected chi connectivity index (χ4v) is 3.72. The highest BCUT2D eigenvalue weighted by molar-refractivity contribution is 5.91. The van der Waals surface area contributed by atoms with E-state index in [0.717, 1.165) is 36.4 Å². The number of anilines is 1. The summed E-state index contributed by atoms with van der Waals surface area (Å²) in [5, 5.41) is 0. The van der Waals surface area contributed by atoms with Crippen molar-refractivity contribution in [2.24, 2.45) is 0 Å². The SMILES string of the molecule is COc1ccccc1CN1CC[C@H]2COC(=O)N2c2cc(F)ccc2C1. The molecular formula is C20H21FN2O3. The molecule has 2 aromatic rings. The first kappa shape index (κ1) is 16.8. The highest BCUT2D eigenvalue weighted by Crippen LogP contribution is 2.33. The first-order chi connectivity index (χ1) is 12.7. The number of fused-ring (bicyclic) bond motifs is 3. The van der Waals surface area contributed by atoms with Gasteiger partial charge in [-0.1, -0.05) is 24.3 Å². The molecule has 26 heavy (non-hydrogen) atoms. The Morgan fingerprint density at radius 2 is 2.12 bits per heavy atom. The third kappa shape index (κ3) is 3.12. The van der Waals surface area contributed by atoms with Crippen molar-refractivity contribution >= 4 is 11.8 Å². The first-order valence-corrected chi connectivity index (χ1v) is 8.74. The Hall–Kier alpha value is -2.60. The third-order valence-electron chi connectivity index (χ3n) is 5.03. The number of rotatable bonds is 3. The van der Waals surface area contributed by atoms with Gasteiger partial charge < -0.3 is 9.47 Å². The van der Waals surface area contributed by atoms with Gasteiger partial charge in [-0.25, -0.2) is 9.18 Å². The Kier molecular flexibility index (Phi) is 4.51. The van der Waals surface area contributed by atoms with Crippen LogP contribution in [0.1, 0.15) is 17.5 Å². The van der Waals surface area contributed by atoms with Crippen LogP contribution < -0.4 is 9.64 Å². The van der Waals surface area contributed by atoms with Gasteiger partial charge in [0.1, 0.15) is 18.2 Å². The molecule has 1 fully saturated rings. The second-order valence-electron chi connectivity index (χ2n) is 6.68. The fraction of sp³-hybridized carbons (Fsp3) is 0.350. The Labute approximate surface area is 151 Å². The van der Waals surface area contributed by atoms with E-state index in [9.17, 15) is 9.18 Å². The van der Waals surface area contributed by atoms with E-state index in [4.69, 9.17) is 9.47 Å². The maximum absolute atomic E-state index is 13.8. The van der Waals surface area contributed by atoms with Crippen LogP contribution in [-0.4, -0.2) is 37.3 Å². The van der Waals surface area contributed by atoms with Gasteiger partial charge in [-0.15, -0.1) is 0 Å². The standard InChI is InChI=1S/C20H21FN2O3/c1-25-19-5-3-2-4-15(19)12-22-9-8-17-13-26-20(24)23(17)18-10-16(21)7-6-14(18)11-22/h2-7,10,17H,8-9,11-13H2,1H3/t17-/m0/s1. The molecule has 4 rings (SSSR count). The summed E-state index contributed by atoms with van der Waals surface area (Å²) >= 11 is 0. The zero-order chi connectivity index (χ0) is 18.1. The average Bonchev–Trinajstić information content (AvgIpc) is 3.00. The van der Waals surface area contributed by atoms with E-state index in [1.165, 1.54) is 12.1 Å². The molecule has 1 saturated heterocycles. The lowest BCUT2D eigenvalue weighted by molar-refractivity contribution is 0.177. The zero-order valence-electron chi connectivity index (χ0n) is 14.7. The molecule has 0 bridgehead atoms. The molecule has 0 aromatic heterocycles. The van der Waals surface area contributed by atoms with Crippen LogP contribution in [0.3, 0.4) is 0 Å². The van der Waals surface area contributed by atoms with Gasteiger partial charge in [0.15, 0.2) is 0 Å². The van der Waals surface area contributed by atoms with Crippen molar-refractivity contribution in [2.45, 2.75) is 25.6 Å². The van der Waals surface area contributed by atoms with Crippen LogP contribution in [-0.2, 0) is 17.8 Å². The van der Waals surface area contributed by atoms with E-state index in [1.807, 2.05) is 18.2 Å². The molecule has 6 heteroatoms. The van der Waals surface area contributed by atoms with Gasteiger partial charge in [0.2, 0.25) is 0 Å². The Balaban J connectivity index is 1.66. The Morgan fingerprint density at radius 3 is 2.96 bits per heavy atom. The third-order valence-corrected chi connectivity index (χ3v) is 5.03. The van der Waals surface area contributed by atoms with Crippen LogP contribution in [0.2, 0.25) is 0 Å². The molecule has 0 aliphatic carbocycles. The van der Waals surface area contributed by atoms with Crippen LogP contribution in [0.15, 0.2) is 42.5 Å². The summed E-state index contributed by atoms with van der Waals surface area (Å²) in [6, 6.07) is 12.5. The number of cyclic esters (lactones) is 1. The van der Waals surface area contributed by atoms with Gasteiger partial charge in [-0.05, 0) is 30.2 Å². The number of nitrogens with zero attached hydrogens (tertiary/aromatic N) is 2. The maximum Gasteiger partial charge on any atom is 0.414 e. The summed E-state index contributed by atoms with van der Waals surface area (Å²) in [7, 11) is 1.67. The number of ether oxygens (including phenoxy) is 2. The molecule has 1 atom stereocenters. The van der Waals surface area contributed by atoms with Gasteiger partial charge in [0.25, 0.3) is 0 Å². The van der Waals surface area contributed by atoms with E-state index in [1.54, 1.807) is 18.1 Å². The predicted molar refractivity (Wildman–Crippen MR) is 95.7 cm³/mol. The highest BCUT2D eigenvalue weighted by atomic mass is 19.1. The summed E-state index contributed by atoms with van der Waals surface area (Å²) in [6.07, 6.45) is 0.386. The van der Waals surface area contributed by atoms with E-state index < -0.39 is 0 Å². The van der Waals surface area contributed by atoms with Crippen LogP contribution in [0, 0.1) is 5.82 Å². The van der Waals surface area contributed by atoms with Crippen molar-refractivity contribution in [3.8, 4) is 5.75 Å². The Bertz CT molecular complexity index is 826. The molecule has 2 aromatic carbocycles. The van der Waals surface area contributed by atoms with Gasteiger partial charge in [0, 0.05) is 25.2 Å². The molecule has 0 saturated carbocycles. The topological polar surface area (TPSA) is 42.0 Å². The largest absolute Gasteiger partial charge is 0.496 e. The van der Waals surface area contributed by atoms with Crippen molar-refractivity contribution < 1.29 is 18.7 Å². The molecule has 0 unspecified atom stereocenters. The minimum atomic E-state index is -0.389. The van der Waals surface area contributed by atoms with E-state index in [-0.39, 0.29) is 18.0 Å². The number of amides is 1. The molecule has 0 radical (unpaired) electrons. The van der Waals surface area contributed by atoms with Crippen LogP contribution in [0.4, 0.5) is 14.9 Å². The molecule has 2 heterocycles. The van der Waals surface area contributed by atoms with Crippen molar-refractivity contribution in [2.75, 3.05) is 25.2 Å². The number of para-hydroxylation sites is 1. The van der Waals surface area contributed by atoms with Gasteiger partial charge in [-0.3, -0.25) is 9.80 Å². The van der Waals surface area contributed by atoms with Crippen molar-refractivity contribution in [1.82, 2.24) is 4.90 Å². The van der Waals surface area contributed by atoms with E-state index in [2.05, 4.69) is 11.0 Å². The fourth-order valence-electron chi connectivity index (χ4n) is 3.72. The normalized spacial score (nSPS) is 20.0. The molecule has 0 spiro atoms.